The molecule has 0 aliphatic heterocycles. The predicted octanol–water partition coefficient (Wildman–Crippen LogP) is 3.55. The van der Waals surface area contributed by atoms with Crippen LogP contribution >= 0.6 is 0 Å². The standard InChI is InChI=1S/C19H23F2N3O2/c1-3-25-17-11-15(9-10-16(17)26-18(20)21)13-24-19(22-2)23-12-14-7-5-4-6-8-14/h4-11,18H,3,12-13H2,1-2H3,(H2,22,23,24). The van der Waals surface area contributed by atoms with Crippen LogP contribution in [-0.4, -0.2) is 26.2 Å². The molecule has 0 fully saturated rings. The molecule has 140 valence electrons. The second-order valence-electron chi connectivity index (χ2n) is 5.36. The number of benzene rings is 2. The van der Waals surface area contributed by atoms with E-state index >= 15 is 0 Å². The summed E-state index contributed by atoms with van der Waals surface area (Å²) >= 11 is 0. The van der Waals surface area contributed by atoms with Gasteiger partial charge in [-0.05, 0) is 30.2 Å². The topological polar surface area (TPSA) is 54.9 Å². The summed E-state index contributed by atoms with van der Waals surface area (Å²) in [5.41, 5.74) is 2.00. The number of halogens is 2. The van der Waals surface area contributed by atoms with Gasteiger partial charge in [-0.1, -0.05) is 36.4 Å². The quantitative estimate of drug-likeness (QED) is 0.556. The van der Waals surface area contributed by atoms with Crippen LogP contribution in [0, 0.1) is 0 Å². The van der Waals surface area contributed by atoms with Crippen molar-refractivity contribution in [3.63, 3.8) is 0 Å². The first-order valence-electron chi connectivity index (χ1n) is 8.31. The Morgan fingerprint density at radius 3 is 2.31 bits per heavy atom. The van der Waals surface area contributed by atoms with Crippen molar-refractivity contribution in [3.8, 4) is 11.5 Å². The van der Waals surface area contributed by atoms with Crippen molar-refractivity contribution in [2.24, 2.45) is 4.99 Å². The molecule has 2 N–H and O–H groups in total. The lowest BCUT2D eigenvalue weighted by atomic mass is 10.2. The van der Waals surface area contributed by atoms with Crippen LogP contribution in [0.3, 0.4) is 0 Å². The summed E-state index contributed by atoms with van der Waals surface area (Å²) in [6, 6.07) is 14.8. The molecule has 7 heteroatoms. The maximum absolute atomic E-state index is 12.5. The average molecular weight is 363 g/mol. The number of guanidine groups is 1. The van der Waals surface area contributed by atoms with Crippen molar-refractivity contribution in [2.75, 3.05) is 13.7 Å². The second kappa shape index (κ2) is 10.2. The van der Waals surface area contributed by atoms with Gasteiger partial charge in [-0.3, -0.25) is 4.99 Å². The van der Waals surface area contributed by atoms with E-state index < -0.39 is 6.61 Å². The first kappa shape index (κ1) is 19.5. The third kappa shape index (κ3) is 6.23. The number of rotatable bonds is 8. The maximum atomic E-state index is 12.5. The molecule has 0 aliphatic rings. The van der Waals surface area contributed by atoms with E-state index in [1.807, 2.05) is 30.3 Å². The highest BCUT2D eigenvalue weighted by molar-refractivity contribution is 5.79. The largest absolute Gasteiger partial charge is 0.490 e. The molecule has 0 saturated heterocycles. The Hall–Kier alpha value is -2.83. The van der Waals surface area contributed by atoms with Crippen LogP contribution in [0.15, 0.2) is 53.5 Å². The highest BCUT2D eigenvalue weighted by Gasteiger charge is 2.11. The van der Waals surface area contributed by atoms with Crippen molar-refractivity contribution < 1.29 is 18.3 Å². The van der Waals surface area contributed by atoms with Crippen LogP contribution in [0.25, 0.3) is 0 Å². The lowest BCUT2D eigenvalue weighted by Crippen LogP contribution is -2.36. The molecule has 0 atom stereocenters. The van der Waals surface area contributed by atoms with E-state index in [9.17, 15) is 8.78 Å². The van der Waals surface area contributed by atoms with E-state index in [-0.39, 0.29) is 5.75 Å². The number of ether oxygens (including phenoxy) is 2. The Kier molecular flexibility index (Phi) is 7.67. The molecule has 0 saturated carbocycles. The third-order valence-corrected chi connectivity index (χ3v) is 3.51. The van der Waals surface area contributed by atoms with Crippen LogP contribution < -0.4 is 20.1 Å². The lowest BCUT2D eigenvalue weighted by Gasteiger charge is -2.15. The van der Waals surface area contributed by atoms with Crippen LogP contribution in [0.1, 0.15) is 18.1 Å². The smallest absolute Gasteiger partial charge is 0.387 e. The summed E-state index contributed by atoms with van der Waals surface area (Å²) in [5, 5.41) is 6.40. The summed E-state index contributed by atoms with van der Waals surface area (Å²) in [6.45, 7) is 0.359. The molecule has 0 bridgehead atoms. The Balaban J connectivity index is 1.95. The summed E-state index contributed by atoms with van der Waals surface area (Å²) in [5.74, 6) is 0.955. The van der Waals surface area contributed by atoms with E-state index in [1.54, 1.807) is 26.1 Å². The highest BCUT2D eigenvalue weighted by Crippen LogP contribution is 2.29. The highest BCUT2D eigenvalue weighted by atomic mass is 19.3. The molecule has 2 aromatic carbocycles. The van der Waals surface area contributed by atoms with Crippen molar-refractivity contribution in [1.29, 1.82) is 0 Å². The molecular formula is C19H23F2N3O2. The summed E-state index contributed by atoms with van der Waals surface area (Å²) in [7, 11) is 1.69. The molecule has 0 heterocycles. The van der Waals surface area contributed by atoms with Gasteiger partial charge in [-0.15, -0.1) is 0 Å². The van der Waals surface area contributed by atoms with E-state index in [4.69, 9.17) is 4.74 Å². The van der Waals surface area contributed by atoms with E-state index in [0.717, 1.165) is 11.1 Å². The van der Waals surface area contributed by atoms with Gasteiger partial charge in [0.2, 0.25) is 0 Å². The van der Waals surface area contributed by atoms with Crippen LogP contribution in [0.5, 0.6) is 11.5 Å². The molecule has 0 spiro atoms. The molecule has 0 amide bonds. The molecule has 0 radical (unpaired) electrons. The zero-order chi connectivity index (χ0) is 18.8. The number of nitrogens with one attached hydrogen (secondary N) is 2. The molecule has 0 unspecified atom stereocenters. The van der Waals surface area contributed by atoms with Crippen molar-refractivity contribution in [3.05, 3.63) is 59.7 Å². The minimum Gasteiger partial charge on any atom is -0.490 e. The van der Waals surface area contributed by atoms with Gasteiger partial charge in [0.05, 0.1) is 6.61 Å². The fraction of sp³-hybridized carbons (Fsp3) is 0.316. The van der Waals surface area contributed by atoms with Crippen LogP contribution in [0.4, 0.5) is 8.78 Å². The molecule has 26 heavy (non-hydrogen) atoms. The fourth-order valence-corrected chi connectivity index (χ4v) is 2.31. The molecule has 0 aromatic heterocycles. The Labute approximate surface area is 152 Å². The van der Waals surface area contributed by atoms with E-state index in [2.05, 4.69) is 20.4 Å². The molecule has 2 aromatic rings. The number of aliphatic imine (C=N–C) groups is 1. The summed E-state index contributed by atoms with van der Waals surface area (Å²) in [6.07, 6.45) is 0. The van der Waals surface area contributed by atoms with Crippen molar-refractivity contribution in [2.45, 2.75) is 26.6 Å². The summed E-state index contributed by atoms with van der Waals surface area (Å²) in [4.78, 5) is 4.17. The summed E-state index contributed by atoms with van der Waals surface area (Å²) < 4.78 is 34.8. The monoisotopic (exact) mass is 363 g/mol. The van der Waals surface area contributed by atoms with Gasteiger partial charge in [0.15, 0.2) is 17.5 Å². The Bertz CT molecular complexity index is 709. The average Bonchev–Trinajstić information content (AvgIpc) is 2.64. The van der Waals surface area contributed by atoms with Gasteiger partial charge in [-0.25, -0.2) is 0 Å². The number of hydrogen-bond acceptors (Lipinski definition) is 3. The minimum absolute atomic E-state index is 0.0252. The molecule has 5 nitrogen and oxygen atoms in total. The lowest BCUT2D eigenvalue weighted by molar-refractivity contribution is -0.0514. The minimum atomic E-state index is -2.89. The van der Waals surface area contributed by atoms with Crippen molar-refractivity contribution in [1.82, 2.24) is 10.6 Å². The van der Waals surface area contributed by atoms with Gasteiger partial charge in [0, 0.05) is 20.1 Å². The fourth-order valence-electron chi connectivity index (χ4n) is 2.31. The van der Waals surface area contributed by atoms with Crippen molar-refractivity contribution >= 4 is 5.96 Å². The maximum Gasteiger partial charge on any atom is 0.387 e. The Morgan fingerprint density at radius 1 is 1.00 bits per heavy atom. The second-order valence-corrected chi connectivity index (χ2v) is 5.36. The van der Waals surface area contributed by atoms with Crippen LogP contribution in [0.2, 0.25) is 0 Å². The molecular weight excluding hydrogens is 340 g/mol. The number of nitrogens with zero attached hydrogens (tertiary/aromatic N) is 1. The number of hydrogen-bond donors (Lipinski definition) is 2. The molecule has 2 rings (SSSR count). The van der Waals surface area contributed by atoms with Gasteiger partial charge < -0.3 is 20.1 Å². The van der Waals surface area contributed by atoms with Gasteiger partial charge in [0.25, 0.3) is 0 Å². The first-order valence-corrected chi connectivity index (χ1v) is 8.31. The SMILES string of the molecule is CCOc1cc(CNC(=NC)NCc2ccccc2)ccc1OC(F)F. The third-order valence-electron chi connectivity index (χ3n) is 3.51. The number of alkyl halides is 2. The van der Waals surface area contributed by atoms with Gasteiger partial charge in [0.1, 0.15) is 0 Å². The van der Waals surface area contributed by atoms with Crippen LogP contribution in [-0.2, 0) is 13.1 Å². The zero-order valence-corrected chi connectivity index (χ0v) is 14.8. The Morgan fingerprint density at radius 2 is 1.69 bits per heavy atom. The zero-order valence-electron chi connectivity index (χ0n) is 14.8. The molecule has 0 aliphatic carbocycles. The van der Waals surface area contributed by atoms with Gasteiger partial charge in [-0.2, -0.15) is 8.78 Å². The van der Waals surface area contributed by atoms with Gasteiger partial charge >= 0.3 is 6.61 Å². The first-order chi connectivity index (χ1) is 12.6. The van der Waals surface area contributed by atoms with E-state index in [0.29, 0.717) is 31.4 Å². The van der Waals surface area contributed by atoms with E-state index in [1.165, 1.54) is 6.07 Å². The predicted molar refractivity (Wildman–Crippen MR) is 97.7 cm³/mol. The normalized spacial score (nSPS) is 11.3.